The number of alkyl halides is 1. The summed E-state index contributed by atoms with van der Waals surface area (Å²) in [6, 6.07) is 2.90. The largest absolute Gasteiger partial charge is 0.444 e. The normalized spacial score (nSPS) is 19.2. The Labute approximate surface area is 254 Å². The fourth-order valence-corrected chi connectivity index (χ4v) is 5.34. The molecule has 1 N–H and O–H groups in total. The summed E-state index contributed by atoms with van der Waals surface area (Å²) in [6.07, 6.45) is 5.17. The van der Waals surface area contributed by atoms with E-state index in [4.69, 9.17) is 4.74 Å². The summed E-state index contributed by atoms with van der Waals surface area (Å²) in [7, 11) is 1.71. The van der Waals surface area contributed by atoms with E-state index in [2.05, 4.69) is 30.2 Å². The topological polar surface area (TPSA) is 126 Å². The summed E-state index contributed by atoms with van der Waals surface area (Å²) in [6.45, 7) is 10.4. The van der Waals surface area contributed by atoms with Crippen molar-refractivity contribution in [2.24, 2.45) is 18.9 Å². The van der Waals surface area contributed by atoms with Crippen LogP contribution in [0.2, 0.25) is 0 Å². The molecule has 1 aromatic carbocycles. The molecule has 0 radical (unpaired) electrons. The van der Waals surface area contributed by atoms with Crippen molar-refractivity contribution >= 4 is 40.7 Å². The zero-order chi connectivity index (χ0) is 31.6. The first-order valence-corrected chi connectivity index (χ1v) is 14.7. The number of anilines is 2. The van der Waals surface area contributed by atoms with E-state index in [1.807, 2.05) is 20.8 Å². The van der Waals surface area contributed by atoms with E-state index >= 15 is 0 Å². The molecule has 3 aliphatic rings. The molecule has 0 aliphatic carbocycles. The second-order valence-corrected chi connectivity index (χ2v) is 12.6. The molecule has 0 unspecified atom stereocenters. The van der Waals surface area contributed by atoms with E-state index in [0.29, 0.717) is 48.9 Å². The predicted molar refractivity (Wildman–Crippen MR) is 160 cm³/mol. The summed E-state index contributed by atoms with van der Waals surface area (Å²) < 4.78 is 34.1. The van der Waals surface area contributed by atoms with E-state index < -0.39 is 23.5 Å². The van der Waals surface area contributed by atoms with E-state index in [-0.39, 0.29) is 23.2 Å². The number of halogens is 2. The van der Waals surface area contributed by atoms with Gasteiger partial charge in [-0.25, -0.2) is 23.5 Å². The summed E-state index contributed by atoms with van der Waals surface area (Å²) in [4.78, 5) is 48.4. The highest BCUT2D eigenvalue weighted by molar-refractivity contribution is 6.03. The molecule has 3 saturated heterocycles. The van der Waals surface area contributed by atoms with Crippen molar-refractivity contribution in [2.75, 3.05) is 56.0 Å². The Morgan fingerprint density at radius 1 is 1.11 bits per heavy atom. The first-order valence-electron chi connectivity index (χ1n) is 14.7. The molecule has 3 fully saturated rings. The lowest BCUT2D eigenvalue weighted by atomic mass is 10.00. The Morgan fingerprint density at radius 3 is 2.48 bits per heavy atom. The molecule has 44 heavy (non-hydrogen) atoms. The molecule has 1 atom stereocenters. The zero-order valence-corrected chi connectivity index (χ0v) is 25.4. The molecule has 0 saturated carbocycles. The number of fused-ring (bicyclic) bond motifs is 1. The van der Waals surface area contributed by atoms with Crippen LogP contribution in [-0.2, 0) is 16.6 Å². The Bertz CT molecular complexity index is 1500. The second kappa shape index (κ2) is 12.8. The van der Waals surface area contributed by atoms with Crippen LogP contribution < -0.4 is 10.2 Å². The lowest BCUT2D eigenvalue weighted by Gasteiger charge is -2.41. The number of aldehydes is 1. The number of nitrogens with one attached hydrogen (secondary N) is 1. The van der Waals surface area contributed by atoms with Crippen molar-refractivity contribution in [3.05, 3.63) is 42.2 Å². The van der Waals surface area contributed by atoms with Crippen LogP contribution in [0.3, 0.4) is 0 Å². The van der Waals surface area contributed by atoms with Crippen LogP contribution in [0.15, 0.2) is 30.7 Å². The van der Waals surface area contributed by atoms with E-state index in [9.17, 15) is 23.2 Å². The number of carbonyl (C=O) groups excluding carboxylic acids is 3. The standard InChI is InChI=1S/C21H23F2N7O.C9H15NO3/c1-28-11-14-4-16(5-17(23)20(14)27-28)26-21(31)18-6-25-19(7-24-18)30-9-13(10-30)8-29-3-2-15(22)12-29;1-9(2,3)13-8(12)10-4-7(5-10)6-11/h4-7,11,13,15H,2-3,8-10,12H2,1H3,(H,26,31);6-7H,4-5H2,1-3H3/t15-;/m1./s1. The quantitative estimate of drug-likeness (QED) is 0.418. The number of carbonyl (C=O) groups is 3. The molecule has 3 aromatic rings. The summed E-state index contributed by atoms with van der Waals surface area (Å²) >= 11 is 0. The molecule has 2 aromatic heterocycles. The van der Waals surface area contributed by atoms with Gasteiger partial charge in [0.1, 0.15) is 35.1 Å². The zero-order valence-electron chi connectivity index (χ0n) is 25.4. The maximum atomic E-state index is 14.2. The number of hydrogen-bond donors (Lipinski definition) is 1. The van der Waals surface area contributed by atoms with Gasteiger partial charge in [0.2, 0.25) is 0 Å². The number of hydrogen-bond acceptors (Lipinski definition) is 9. The highest BCUT2D eigenvalue weighted by Gasteiger charge is 2.34. The monoisotopic (exact) mass is 612 g/mol. The van der Waals surface area contributed by atoms with Gasteiger partial charge in [-0.1, -0.05) is 0 Å². The number of nitrogens with zero attached hydrogens (tertiary/aromatic N) is 7. The summed E-state index contributed by atoms with van der Waals surface area (Å²) in [5, 5.41) is 7.31. The van der Waals surface area contributed by atoms with Gasteiger partial charge in [-0.15, -0.1) is 0 Å². The Morgan fingerprint density at radius 2 is 1.86 bits per heavy atom. The van der Waals surface area contributed by atoms with E-state index in [1.165, 1.54) is 21.8 Å². The van der Waals surface area contributed by atoms with Crippen molar-refractivity contribution in [3.8, 4) is 0 Å². The first-order chi connectivity index (χ1) is 20.9. The molecule has 14 heteroatoms. The third-order valence-electron chi connectivity index (χ3n) is 7.57. The number of amides is 2. The molecule has 0 spiro atoms. The van der Waals surface area contributed by atoms with Crippen LogP contribution in [0.25, 0.3) is 10.9 Å². The third kappa shape index (κ3) is 7.65. The van der Waals surface area contributed by atoms with Crippen LogP contribution in [0, 0.1) is 17.7 Å². The third-order valence-corrected chi connectivity index (χ3v) is 7.57. The molecule has 0 bridgehead atoms. The first kappa shape index (κ1) is 31.2. The van der Waals surface area contributed by atoms with Gasteiger partial charge in [0.05, 0.1) is 18.3 Å². The molecule has 6 rings (SSSR count). The molecular formula is C30H38F2N8O4. The van der Waals surface area contributed by atoms with Crippen LogP contribution >= 0.6 is 0 Å². The van der Waals surface area contributed by atoms with Gasteiger partial charge in [0.25, 0.3) is 5.91 Å². The highest BCUT2D eigenvalue weighted by Crippen LogP contribution is 2.25. The number of aromatic nitrogens is 4. The summed E-state index contributed by atoms with van der Waals surface area (Å²) in [5.74, 6) is 0.247. The van der Waals surface area contributed by atoms with Gasteiger partial charge in [-0.3, -0.25) is 14.4 Å². The van der Waals surface area contributed by atoms with Gasteiger partial charge < -0.3 is 24.6 Å². The minimum absolute atomic E-state index is 0.00696. The maximum absolute atomic E-state index is 14.2. The van der Waals surface area contributed by atoms with Crippen LogP contribution in [0.5, 0.6) is 0 Å². The second-order valence-electron chi connectivity index (χ2n) is 12.6. The fraction of sp³-hybridized carbons (Fsp3) is 0.533. The van der Waals surface area contributed by atoms with Gasteiger partial charge >= 0.3 is 6.09 Å². The smallest absolute Gasteiger partial charge is 0.410 e. The van der Waals surface area contributed by atoms with Crippen LogP contribution in [0.4, 0.5) is 25.1 Å². The van der Waals surface area contributed by atoms with Gasteiger partial charge in [0, 0.05) is 76.0 Å². The van der Waals surface area contributed by atoms with Gasteiger partial charge in [0.15, 0.2) is 5.82 Å². The number of likely N-dealkylation sites (tertiary alicyclic amines) is 2. The average Bonchev–Trinajstić information content (AvgIpc) is 3.49. The SMILES string of the molecule is CC(C)(C)OC(=O)N1CC(C=O)C1.Cn1cc2cc(NC(=O)c3cnc(N4CC(CN5CC[C@@H](F)C5)C4)cn3)cc(F)c2n1. The number of ether oxygens (including phenoxy) is 1. The Kier molecular flexibility index (Phi) is 9.09. The Balaban J connectivity index is 0.000000249. The number of rotatable bonds is 6. The van der Waals surface area contributed by atoms with Crippen molar-refractivity contribution in [1.29, 1.82) is 0 Å². The van der Waals surface area contributed by atoms with Crippen molar-refractivity contribution in [3.63, 3.8) is 0 Å². The predicted octanol–water partition coefficient (Wildman–Crippen LogP) is 3.29. The van der Waals surface area contributed by atoms with E-state index in [0.717, 1.165) is 32.5 Å². The fourth-order valence-electron chi connectivity index (χ4n) is 5.34. The van der Waals surface area contributed by atoms with Crippen molar-refractivity contribution in [2.45, 2.75) is 39.0 Å². The van der Waals surface area contributed by atoms with Crippen LogP contribution in [-0.4, -0.2) is 105 Å². The van der Waals surface area contributed by atoms with Crippen molar-refractivity contribution < 1.29 is 27.9 Å². The van der Waals surface area contributed by atoms with E-state index in [1.54, 1.807) is 25.5 Å². The van der Waals surface area contributed by atoms with Gasteiger partial charge in [-0.2, -0.15) is 5.10 Å². The lowest BCUT2D eigenvalue weighted by Crippen LogP contribution is -2.52. The average molecular weight is 613 g/mol. The minimum Gasteiger partial charge on any atom is -0.444 e. The number of benzene rings is 1. The minimum atomic E-state index is -0.691. The number of aryl methyl sites for hydroxylation is 1. The Hall–Kier alpha value is -4.20. The highest BCUT2D eigenvalue weighted by atomic mass is 19.1. The molecule has 2 amide bonds. The molecule has 236 valence electrons. The molecular weight excluding hydrogens is 574 g/mol. The molecule has 5 heterocycles. The lowest BCUT2D eigenvalue weighted by molar-refractivity contribution is -0.115. The molecule has 3 aliphatic heterocycles. The summed E-state index contributed by atoms with van der Waals surface area (Å²) in [5.41, 5.74) is 0.283. The van der Waals surface area contributed by atoms with Crippen molar-refractivity contribution in [1.82, 2.24) is 29.5 Å². The van der Waals surface area contributed by atoms with Gasteiger partial charge in [-0.05, 0) is 39.3 Å². The molecule has 12 nitrogen and oxygen atoms in total. The maximum Gasteiger partial charge on any atom is 0.410 e. The van der Waals surface area contributed by atoms with Crippen LogP contribution in [0.1, 0.15) is 37.7 Å².